The maximum Gasteiger partial charge on any atom is 0.266 e. The quantitative estimate of drug-likeness (QED) is 0.242. The Labute approximate surface area is 193 Å². The zero-order valence-electron chi connectivity index (χ0n) is 17.1. The number of hydrogen-bond acceptors (Lipinski definition) is 6. The fourth-order valence-electron chi connectivity index (χ4n) is 3.51. The third kappa shape index (κ3) is 4.19. The zero-order chi connectivity index (χ0) is 22.8. The molecular weight excluding hydrogens is 438 g/mol. The fraction of sp³-hybridized carbons (Fsp3) is 0.0435. The molecule has 0 unspecified atom stereocenters. The van der Waals surface area contributed by atoms with Gasteiger partial charge < -0.3 is 4.98 Å². The summed E-state index contributed by atoms with van der Waals surface area (Å²) in [6.07, 6.45) is 1.54. The van der Waals surface area contributed by atoms with E-state index in [4.69, 9.17) is 12.2 Å². The van der Waals surface area contributed by atoms with Crippen LogP contribution >= 0.6 is 12.2 Å². The number of aromatic amines is 2. The second kappa shape index (κ2) is 8.60. The van der Waals surface area contributed by atoms with E-state index in [1.54, 1.807) is 0 Å². The second-order valence-corrected chi connectivity index (χ2v) is 7.74. The van der Waals surface area contributed by atoms with Crippen LogP contribution in [0, 0.1) is 0 Å². The average Bonchev–Trinajstić information content (AvgIpc) is 3.53. The van der Waals surface area contributed by atoms with Gasteiger partial charge in [-0.1, -0.05) is 54.6 Å². The van der Waals surface area contributed by atoms with Gasteiger partial charge in [-0.2, -0.15) is 0 Å². The van der Waals surface area contributed by atoms with E-state index in [0.29, 0.717) is 11.5 Å². The Hall–Kier alpha value is -4.44. The van der Waals surface area contributed by atoms with E-state index in [9.17, 15) is 9.59 Å². The molecule has 3 N–H and O–H groups in total. The van der Waals surface area contributed by atoms with Gasteiger partial charge >= 0.3 is 0 Å². The lowest BCUT2D eigenvalue weighted by atomic mass is 10.1. The van der Waals surface area contributed by atoms with Crippen molar-refractivity contribution in [3.63, 3.8) is 0 Å². The average molecular weight is 456 g/mol. The highest BCUT2D eigenvalue weighted by molar-refractivity contribution is 7.80. The number of rotatable bonds is 5. The first-order valence-corrected chi connectivity index (χ1v) is 10.5. The molecule has 2 aromatic carbocycles. The predicted molar refractivity (Wildman–Crippen MR) is 125 cm³/mol. The number of benzene rings is 2. The number of thiocarbonyl (C=S) groups is 1. The minimum absolute atomic E-state index is 0.0149. The third-order valence-electron chi connectivity index (χ3n) is 5.19. The van der Waals surface area contributed by atoms with Crippen LogP contribution in [0.2, 0.25) is 0 Å². The Kier molecular flexibility index (Phi) is 5.33. The van der Waals surface area contributed by atoms with Gasteiger partial charge in [0, 0.05) is 17.0 Å². The van der Waals surface area contributed by atoms with Crippen molar-refractivity contribution >= 4 is 35.2 Å². The largest absolute Gasteiger partial charge is 0.355 e. The number of carbonyl (C=O) groups excluding carboxylic acids is 2. The van der Waals surface area contributed by atoms with Crippen LogP contribution in [0.25, 0.3) is 28.7 Å². The summed E-state index contributed by atoms with van der Waals surface area (Å²) in [5.41, 5.74) is 4.18. The van der Waals surface area contributed by atoms with E-state index in [1.807, 2.05) is 66.7 Å². The molecule has 1 aliphatic rings. The molecular formula is C23H17N7O2S. The molecule has 2 amide bonds. The lowest BCUT2D eigenvalue weighted by Crippen LogP contribution is -2.53. The molecule has 0 saturated carbocycles. The Morgan fingerprint density at radius 3 is 2.42 bits per heavy atom. The zero-order valence-corrected chi connectivity index (χ0v) is 18.0. The summed E-state index contributed by atoms with van der Waals surface area (Å²) in [7, 11) is 0. The molecule has 5 rings (SSSR count). The molecule has 0 atom stereocenters. The lowest BCUT2D eigenvalue weighted by Gasteiger charge is -2.28. The van der Waals surface area contributed by atoms with Gasteiger partial charge in [-0.3, -0.25) is 19.8 Å². The van der Waals surface area contributed by atoms with Gasteiger partial charge in [-0.15, -0.1) is 5.10 Å². The van der Waals surface area contributed by atoms with Gasteiger partial charge in [0.15, 0.2) is 10.9 Å². The van der Waals surface area contributed by atoms with E-state index in [1.165, 1.54) is 11.0 Å². The standard InChI is InChI=1S/C23H17N7O2S/c31-21-18(22(32)30(23(33)25-21)13-14-4-2-1-3-5-14)12-17-10-11-19(24-17)15-6-8-16(9-7-15)20-26-28-29-27-20/h1-12,24H,13H2,(H,25,31,33)(H,26,27,28,29)/b18-12-. The van der Waals surface area contributed by atoms with Gasteiger partial charge in [0.05, 0.1) is 6.54 Å². The molecule has 0 aliphatic carbocycles. The van der Waals surface area contributed by atoms with Crippen LogP contribution in [0.4, 0.5) is 0 Å². The highest BCUT2D eigenvalue weighted by Crippen LogP contribution is 2.24. The smallest absolute Gasteiger partial charge is 0.266 e. The number of nitrogens with one attached hydrogen (secondary N) is 3. The van der Waals surface area contributed by atoms with Gasteiger partial charge in [0.25, 0.3) is 11.8 Å². The SMILES string of the molecule is O=C1NC(=S)N(Cc2ccccc2)C(=O)/C1=C\c1ccc(-c2ccc(-c3nnn[nH]3)cc2)[nH]1. The second-order valence-electron chi connectivity index (χ2n) is 7.35. The molecule has 0 spiro atoms. The monoisotopic (exact) mass is 455 g/mol. The Balaban J connectivity index is 1.38. The molecule has 162 valence electrons. The molecule has 33 heavy (non-hydrogen) atoms. The maximum absolute atomic E-state index is 13.1. The van der Waals surface area contributed by atoms with Crippen molar-refractivity contribution in [3.05, 3.63) is 83.6 Å². The van der Waals surface area contributed by atoms with Gasteiger partial charge in [-0.05, 0) is 52.0 Å². The molecule has 4 aromatic rings. The molecule has 1 saturated heterocycles. The van der Waals surface area contributed by atoms with Crippen molar-refractivity contribution in [1.82, 2.24) is 35.8 Å². The van der Waals surface area contributed by atoms with Crippen LogP contribution in [-0.2, 0) is 16.1 Å². The number of H-pyrrole nitrogens is 2. The van der Waals surface area contributed by atoms with Crippen molar-refractivity contribution in [2.75, 3.05) is 0 Å². The van der Waals surface area contributed by atoms with Gasteiger partial charge in [0.2, 0.25) is 0 Å². The summed E-state index contributed by atoms with van der Waals surface area (Å²) in [5, 5.41) is 16.5. The van der Waals surface area contributed by atoms with Crippen LogP contribution in [0.1, 0.15) is 11.3 Å². The van der Waals surface area contributed by atoms with Crippen molar-refractivity contribution < 1.29 is 9.59 Å². The minimum atomic E-state index is -0.518. The van der Waals surface area contributed by atoms with Crippen LogP contribution in [-0.4, -0.2) is 47.4 Å². The van der Waals surface area contributed by atoms with Crippen LogP contribution in [0.3, 0.4) is 0 Å². The predicted octanol–water partition coefficient (Wildman–Crippen LogP) is 2.69. The summed E-state index contributed by atoms with van der Waals surface area (Å²) >= 11 is 5.23. The number of nitrogens with zero attached hydrogens (tertiary/aromatic N) is 4. The van der Waals surface area contributed by atoms with Crippen LogP contribution < -0.4 is 5.32 Å². The molecule has 3 heterocycles. The number of aromatic nitrogens is 5. The normalized spacial score (nSPS) is 15.2. The summed E-state index contributed by atoms with van der Waals surface area (Å²) in [4.78, 5) is 30.2. The molecule has 1 aliphatic heterocycles. The van der Waals surface area contributed by atoms with Crippen molar-refractivity contribution in [2.45, 2.75) is 6.54 Å². The molecule has 10 heteroatoms. The first-order chi connectivity index (χ1) is 16.1. The molecule has 2 aromatic heterocycles. The first kappa shape index (κ1) is 20.5. The minimum Gasteiger partial charge on any atom is -0.355 e. The van der Waals surface area contributed by atoms with E-state index in [2.05, 4.69) is 30.9 Å². The summed E-state index contributed by atoms with van der Waals surface area (Å²) in [6, 6.07) is 20.8. The van der Waals surface area contributed by atoms with E-state index in [0.717, 1.165) is 22.4 Å². The molecule has 0 bridgehead atoms. The summed E-state index contributed by atoms with van der Waals surface area (Å²) in [6.45, 7) is 0.277. The number of carbonyl (C=O) groups is 2. The van der Waals surface area contributed by atoms with E-state index < -0.39 is 11.8 Å². The lowest BCUT2D eigenvalue weighted by molar-refractivity contribution is -0.129. The van der Waals surface area contributed by atoms with Gasteiger partial charge in [0.1, 0.15) is 5.57 Å². The molecule has 1 fully saturated rings. The third-order valence-corrected chi connectivity index (χ3v) is 5.51. The van der Waals surface area contributed by atoms with Crippen molar-refractivity contribution in [1.29, 1.82) is 0 Å². The number of tetrazole rings is 1. The fourth-order valence-corrected chi connectivity index (χ4v) is 3.75. The highest BCUT2D eigenvalue weighted by atomic mass is 32.1. The molecule has 0 radical (unpaired) electrons. The van der Waals surface area contributed by atoms with E-state index in [-0.39, 0.29) is 17.2 Å². The van der Waals surface area contributed by atoms with Crippen LogP contribution in [0.5, 0.6) is 0 Å². The number of amides is 2. The van der Waals surface area contributed by atoms with E-state index >= 15 is 0 Å². The van der Waals surface area contributed by atoms with Crippen molar-refractivity contribution in [2.24, 2.45) is 0 Å². The maximum atomic E-state index is 13.1. The van der Waals surface area contributed by atoms with Crippen LogP contribution in [0.15, 0.2) is 72.3 Å². The highest BCUT2D eigenvalue weighted by Gasteiger charge is 2.33. The topological polar surface area (TPSA) is 120 Å². The summed E-state index contributed by atoms with van der Waals surface area (Å²) in [5.74, 6) is -0.373. The Morgan fingerprint density at radius 1 is 0.939 bits per heavy atom. The first-order valence-electron chi connectivity index (χ1n) is 10.0. The summed E-state index contributed by atoms with van der Waals surface area (Å²) < 4.78 is 0. The van der Waals surface area contributed by atoms with Gasteiger partial charge in [-0.25, -0.2) is 5.10 Å². The van der Waals surface area contributed by atoms with Crippen molar-refractivity contribution in [3.8, 4) is 22.6 Å². The Bertz CT molecular complexity index is 1360. The Morgan fingerprint density at radius 2 is 1.70 bits per heavy atom. The number of hydrogen-bond donors (Lipinski definition) is 3. The molecule has 9 nitrogen and oxygen atoms in total.